The lowest BCUT2D eigenvalue weighted by molar-refractivity contribution is -0.113. The third-order valence-corrected chi connectivity index (χ3v) is 8.69. The van der Waals surface area contributed by atoms with Crippen LogP contribution < -0.4 is 10.6 Å². The minimum atomic E-state index is -0.683. The fraction of sp³-hybridized carbons (Fsp3) is 0.222. The van der Waals surface area contributed by atoms with Crippen LogP contribution in [-0.2, 0) is 9.59 Å². The van der Waals surface area contributed by atoms with Gasteiger partial charge in [-0.1, -0.05) is 39.8 Å². The summed E-state index contributed by atoms with van der Waals surface area (Å²) in [6, 6.07) is 3.55. The molecule has 0 aliphatic heterocycles. The summed E-state index contributed by atoms with van der Waals surface area (Å²) in [5.74, 6) is -2.35. The number of carbonyl (C=O) groups is 2. The number of nitrogens with one attached hydrogen (secondary N) is 4. The van der Waals surface area contributed by atoms with E-state index in [4.69, 9.17) is 0 Å². The van der Waals surface area contributed by atoms with Crippen LogP contribution in [-0.4, -0.2) is 51.9 Å². The van der Waals surface area contributed by atoms with Crippen LogP contribution in [0.25, 0.3) is 33.4 Å². The second-order valence-electron chi connectivity index (χ2n) is 12.5. The summed E-state index contributed by atoms with van der Waals surface area (Å²) >= 11 is 0. The van der Waals surface area contributed by atoms with Crippen LogP contribution in [0.3, 0.4) is 0 Å². The first-order chi connectivity index (χ1) is 22.8. The van der Waals surface area contributed by atoms with Gasteiger partial charge in [-0.05, 0) is 47.9 Å². The number of Topliss-reactive ketones (excluding diaryl/α,β-unsaturated/α-hetero) is 2. The highest BCUT2D eigenvalue weighted by Gasteiger charge is 2.38. The van der Waals surface area contributed by atoms with Gasteiger partial charge in [-0.25, -0.2) is 9.97 Å². The van der Waals surface area contributed by atoms with Crippen molar-refractivity contribution in [3.63, 3.8) is 0 Å². The lowest BCUT2D eigenvalue weighted by atomic mass is 9.75. The van der Waals surface area contributed by atoms with Crippen molar-refractivity contribution in [1.29, 1.82) is 0 Å². The number of anilines is 2. The average molecular weight is 649 g/mol. The van der Waals surface area contributed by atoms with E-state index in [-0.39, 0.29) is 56.7 Å². The highest BCUT2D eigenvalue weighted by atomic mass is 16.3. The number of ketones is 2. The highest BCUT2D eigenvalue weighted by Crippen LogP contribution is 2.53. The lowest BCUT2D eigenvalue weighted by Crippen LogP contribution is -2.20. The number of aromatic amines is 2. The molecule has 0 radical (unpaired) electrons. The second kappa shape index (κ2) is 12.0. The van der Waals surface area contributed by atoms with Crippen LogP contribution >= 0.6 is 0 Å². The van der Waals surface area contributed by atoms with E-state index in [1.54, 1.807) is 26.0 Å². The molecule has 2 aromatic carbocycles. The van der Waals surface area contributed by atoms with Gasteiger partial charge in [0.25, 0.3) is 0 Å². The normalized spacial score (nSPS) is 16.4. The van der Waals surface area contributed by atoms with Crippen molar-refractivity contribution in [3.8, 4) is 22.6 Å². The van der Waals surface area contributed by atoms with Crippen LogP contribution in [0.5, 0.6) is 11.5 Å². The van der Waals surface area contributed by atoms with Crippen molar-refractivity contribution in [3.05, 3.63) is 94.5 Å². The second-order valence-corrected chi connectivity index (χ2v) is 12.5. The monoisotopic (exact) mass is 648 g/mol. The molecule has 0 saturated carbocycles. The molecule has 2 aliphatic carbocycles. The van der Waals surface area contributed by atoms with Gasteiger partial charge >= 0.3 is 0 Å². The van der Waals surface area contributed by atoms with E-state index >= 15 is 0 Å². The van der Waals surface area contributed by atoms with Crippen LogP contribution in [0.15, 0.2) is 61.1 Å². The number of aromatic nitrogens is 4. The molecule has 6 rings (SSSR count). The Bertz CT molecular complexity index is 1960. The van der Waals surface area contributed by atoms with Crippen molar-refractivity contribution in [2.24, 2.45) is 11.8 Å². The van der Waals surface area contributed by atoms with E-state index in [2.05, 4.69) is 30.6 Å². The quantitative estimate of drug-likeness (QED) is 0.0993. The Labute approximate surface area is 276 Å². The number of rotatable bonds is 7. The molecule has 4 aromatic rings. The van der Waals surface area contributed by atoms with Gasteiger partial charge in [0.15, 0.2) is 11.5 Å². The van der Waals surface area contributed by atoms with Gasteiger partial charge < -0.3 is 41.0 Å². The summed E-state index contributed by atoms with van der Waals surface area (Å²) in [5.41, 5.74) is 3.68. The molecule has 48 heavy (non-hydrogen) atoms. The maximum Gasteiger partial charge on any atom is 0.229 e. The van der Waals surface area contributed by atoms with Crippen LogP contribution in [0.2, 0.25) is 0 Å². The van der Waals surface area contributed by atoms with E-state index in [1.807, 2.05) is 27.7 Å². The lowest BCUT2D eigenvalue weighted by Gasteiger charge is -2.29. The Morgan fingerprint density at radius 1 is 0.646 bits per heavy atom. The van der Waals surface area contributed by atoms with E-state index in [0.717, 1.165) is 0 Å². The molecule has 0 atom stereocenters. The zero-order valence-electron chi connectivity index (χ0n) is 27.3. The Morgan fingerprint density at radius 2 is 1.02 bits per heavy atom. The largest absolute Gasteiger partial charge is 0.507 e. The molecule has 0 fully saturated rings. The number of H-pyrrole nitrogens is 2. The summed E-state index contributed by atoms with van der Waals surface area (Å²) in [6.07, 6.45) is 8.74. The number of carbonyl (C=O) groups excluding carboxylic acids is 2. The number of benzene rings is 2. The van der Waals surface area contributed by atoms with Gasteiger partial charge in [0.2, 0.25) is 11.6 Å². The summed E-state index contributed by atoms with van der Waals surface area (Å²) in [5, 5.41) is 52.4. The number of hydrogen-bond acceptors (Lipinski definition) is 10. The van der Waals surface area contributed by atoms with Crippen molar-refractivity contribution < 1.29 is 30.0 Å². The highest BCUT2D eigenvalue weighted by molar-refractivity contribution is 6.35. The minimum Gasteiger partial charge on any atom is -0.507 e. The molecule has 2 heterocycles. The van der Waals surface area contributed by atoms with Gasteiger partial charge in [0, 0.05) is 45.8 Å². The van der Waals surface area contributed by atoms with E-state index in [1.165, 1.54) is 37.4 Å². The third-order valence-electron chi connectivity index (χ3n) is 8.69. The molecule has 12 nitrogen and oxygen atoms in total. The topological polar surface area (TPSA) is 196 Å². The predicted molar refractivity (Wildman–Crippen MR) is 184 cm³/mol. The summed E-state index contributed by atoms with van der Waals surface area (Å²) in [4.78, 5) is 41.0. The van der Waals surface area contributed by atoms with Gasteiger partial charge in [0.05, 0.1) is 36.2 Å². The number of fused-ring (bicyclic) bond motifs is 2. The Morgan fingerprint density at radius 3 is 1.33 bits per heavy atom. The summed E-state index contributed by atoms with van der Waals surface area (Å²) < 4.78 is 0. The van der Waals surface area contributed by atoms with E-state index in [9.17, 15) is 30.0 Å². The first-order valence-electron chi connectivity index (χ1n) is 15.4. The molecule has 2 aliphatic rings. The van der Waals surface area contributed by atoms with Gasteiger partial charge in [-0.15, -0.1) is 0 Å². The number of phenolic OH excluding ortho intramolecular Hbond substituents is 2. The summed E-state index contributed by atoms with van der Waals surface area (Å²) in [7, 11) is 0. The zero-order valence-corrected chi connectivity index (χ0v) is 27.3. The number of aliphatic hydroxyl groups excluding tert-OH is 2. The number of nitrogens with zero attached hydrogens (tertiary/aromatic N) is 2. The Kier molecular flexibility index (Phi) is 7.95. The fourth-order valence-corrected chi connectivity index (χ4v) is 6.60. The van der Waals surface area contributed by atoms with Crippen molar-refractivity contribution >= 4 is 45.5 Å². The number of hydrogen-bond donors (Lipinski definition) is 8. The molecule has 12 heteroatoms. The Hall–Kier alpha value is -6.04. The molecule has 0 saturated heterocycles. The van der Waals surface area contributed by atoms with Gasteiger partial charge in [-0.2, -0.15) is 0 Å². The van der Waals surface area contributed by atoms with Gasteiger partial charge in [-0.3, -0.25) is 9.59 Å². The molecular formula is C36H36N6O6. The first-order valence-corrected chi connectivity index (χ1v) is 15.4. The predicted octanol–water partition coefficient (Wildman–Crippen LogP) is 6.75. The maximum absolute atomic E-state index is 13.7. The molecule has 0 spiro atoms. The molecule has 0 bridgehead atoms. The standard InChI is InChI=1S/C36H36N6O6/c1-15(2)25-19-7-17(5)27(33(45)29(19)21(31(43)35(25)47)9-39-23-11-37-13-41-23)28-18(6)8-20-26(16(3)4)36(48)32(44)22(30(20)34(28)46)10-40-24-12-38-14-42-24/h7-16,39-40,45-48H,1-6H3,(H,37,41)(H,38,42)/b21-9-,22-10-. The molecule has 8 N–H and O–H groups in total. The molecule has 0 unspecified atom stereocenters. The van der Waals surface area contributed by atoms with E-state index in [0.29, 0.717) is 45.0 Å². The average Bonchev–Trinajstić information content (AvgIpc) is 3.74. The number of aryl methyl sites for hydroxylation is 2. The van der Waals surface area contributed by atoms with E-state index < -0.39 is 23.1 Å². The van der Waals surface area contributed by atoms with Crippen LogP contribution in [0.4, 0.5) is 11.6 Å². The molecule has 2 aromatic heterocycles. The number of phenols is 2. The van der Waals surface area contributed by atoms with Crippen molar-refractivity contribution in [1.82, 2.24) is 19.9 Å². The van der Waals surface area contributed by atoms with Crippen molar-refractivity contribution in [2.75, 3.05) is 10.6 Å². The SMILES string of the molecule is Cc1cc2c(c(O)c1-c1c(C)cc3c(c1O)/C(=C/Nc1cnc[nH]1)C(=O)C(O)=C3C(C)C)/C(=C/Nc1cnc[nH]1)C(=O)C(O)=C2C(C)C. The van der Waals surface area contributed by atoms with Gasteiger partial charge in [0.1, 0.15) is 23.1 Å². The Balaban J connectivity index is 1.64. The molecule has 0 amide bonds. The van der Waals surface area contributed by atoms with Crippen LogP contribution in [0.1, 0.15) is 61.1 Å². The minimum absolute atomic E-state index is 0.00447. The molecular weight excluding hydrogens is 612 g/mol. The zero-order chi connectivity index (χ0) is 34.6. The molecule has 246 valence electrons. The summed E-state index contributed by atoms with van der Waals surface area (Å²) in [6.45, 7) is 10.9. The van der Waals surface area contributed by atoms with Crippen molar-refractivity contribution in [2.45, 2.75) is 41.5 Å². The maximum atomic E-state index is 13.7. The fourth-order valence-electron chi connectivity index (χ4n) is 6.60. The number of aromatic hydroxyl groups is 2. The first kappa shape index (κ1) is 31.9. The third kappa shape index (κ3) is 5.02. The number of allylic oxidation sites excluding steroid dienone is 4. The van der Waals surface area contributed by atoms with Crippen LogP contribution in [0, 0.1) is 25.7 Å². The smallest absolute Gasteiger partial charge is 0.229 e. The number of aliphatic hydroxyl groups is 2. The number of imidazole rings is 2.